The fourth-order valence-electron chi connectivity index (χ4n) is 6.48. The normalized spacial score (nSPS) is 37.3. The Bertz CT molecular complexity index is 1160. The summed E-state index contributed by atoms with van der Waals surface area (Å²) in [6.45, 7) is 10.9. The molecule has 6 heteroatoms. The van der Waals surface area contributed by atoms with E-state index < -0.39 is 11.8 Å². The van der Waals surface area contributed by atoms with Gasteiger partial charge in [-0.25, -0.2) is 4.79 Å². The molecule has 1 aromatic rings. The summed E-state index contributed by atoms with van der Waals surface area (Å²) in [6.07, 6.45) is 13.8. The molecule has 0 aliphatic carbocycles. The molecule has 4 aliphatic heterocycles. The minimum absolute atomic E-state index is 0.0767. The molecule has 5 rings (SSSR count). The van der Waals surface area contributed by atoms with Crippen LogP contribution in [0.1, 0.15) is 94.1 Å². The Morgan fingerprint density at radius 3 is 2.76 bits per heavy atom. The van der Waals surface area contributed by atoms with Crippen LogP contribution in [0.4, 0.5) is 0 Å². The Balaban J connectivity index is 1.53. The Morgan fingerprint density at radius 2 is 1.97 bits per heavy atom. The number of hydrogen-bond donors (Lipinski definition) is 1. The maximum absolute atomic E-state index is 13.7. The number of esters is 1. The predicted octanol–water partition coefficient (Wildman–Crippen LogP) is 7.03. The number of ether oxygens (including phenoxy) is 4. The van der Waals surface area contributed by atoms with Crippen LogP contribution in [0.3, 0.4) is 0 Å². The lowest BCUT2D eigenvalue weighted by atomic mass is 9.85. The molecule has 1 spiro atoms. The van der Waals surface area contributed by atoms with Crippen LogP contribution in [0.25, 0.3) is 5.57 Å². The molecule has 206 valence electrons. The minimum atomic E-state index is -0.731. The number of phenolic OH excluding ortho intramolecular Hbond substituents is 1. The van der Waals surface area contributed by atoms with E-state index in [0.29, 0.717) is 53.7 Å². The maximum Gasteiger partial charge on any atom is 0.339 e. The standard InChI is InChI=1S/C32H42O6/c1-6-27-21(4)12-13-32(38-27)17-25-16-24(37-32)11-10-20(3)14-19(2)8-7-9-23-18-35-30-28(23)26(31(34)36-25)15-22(5)29(30)33/h7-10,15,19,21,24-25,27,33H,6,11-14,16-18H2,1-5H3/b8-7+,20-10+,23-9+/t19-,21-,24+,25-,27+,32+/m0/s1. The summed E-state index contributed by atoms with van der Waals surface area (Å²) >= 11 is 0. The lowest BCUT2D eigenvalue weighted by Gasteiger charge is -2.49. The zero-order valence-corrected chi connectivity index (χ0v) is 23.4. The number of fused-ring (bicyclic) bond motifs is 2. The summed E-state index contributed by atoms with van der Waals surface area (Å²) in [6, 6.07) is 1.72. The van der Waals surface area contributed by atoms with Crippen molar-refractivity contribution >= 4 is 11.5 Å². The molecule has 1 aromatic carbocycles. The molecule has 0 radical (unpaired) electrons. The Hall–Kier alpha value is -2.57. The van der Waals surface area contributed by atoms with Crippen LogP contribution < -0.4 is 4.74 Å². The lowest BCUT2D eigenvalue weighted by molar-refractivity contribution is -0.334. The van der Waals surface area contributed by atoms with Crippen molar-refractivity contribution in [2.75, 3.05) is 6.61 Å². The van der Waals surface area contributed by atoms with E-state index in [1.165, 1.54) is 5.57 Å². The Kier molecular flexibility index (Phi) is 7.74. The first-order chi connectivity index (χ1) is 18.2. The van der Waals surface area contributed by atoms with Gasteiger partial charge in [0.1, 0.15) is 12.7 Å². The summed E-state index contributed by atoms with van der Waals surface area (Å²) < 4.78 is 25.4. The first kappa shape index (κ1) is 27.0. The SMILES string of the molecule is CC[C@H]1O[C@]2(CC[C@@H]1C)C[C@@H]1C[C@@H](C/C=C(\C)C[C@@H](C)/C=C/C=C3\COc4c(O)c(C)cc(c43)C(=O)O1)O2. The van der Waals surface area contributed by atoms with E-state index in [-0.39, 0.29) is 24.1 Å². The van der Waals surface area contributed by atoms with Gasteiger partial charge in [-0.15, -0.1) is 0 Å². The molecule has 0 aromatic heterocycles. The third kappa shape index (κ3) is 5.43. The number of hydrogen-bond acceptors (Lipinski definition) is 6. The van der Waals surface area contributed by atoms with Crippen LogP contribution in [0, 0.1) is 18.8 Å². The van der Waals surface area contributed by atoms with Gasteiger partial charge >= 0.3 is 5.97 Å². The molecule has 0 unspecified atom stereocenters. The number of aromatic hydroxyl groups is 1. The van der Waals surface area contributed by atoms with Crippen molar-refractivity contribution < 1.29 is 28.8 Å². The molecular formula is C32H42O6. The number of rotatable bonds is 1. The van der Waals surface area contributed by atoms with Crippen molar-refractivity contribution in [2.24, 2.45) is 11.8 Å². The molecule has 6 atom stereocenters. The Morgan fingerprint density at radius 1 is 1.16 bits per heavy atom. The topological polar surface area (TPSA) is 74.2 Å². The molecule has 2 fully saturated rings. The third-order valence-corrected chi connectivity index (χ3v) is 8.57. The van der Waals surface area contributed by atoms with Crippen molar-refractivity contribution in [3.05, 3.63) is 52.6 Å². The molecule has 2 bridgehead atoms. The van der Waals surface area contributed by atoms with Crippen LogP contribution >= 0.6 is 0 Å². The smallest absolute Gasteiger partial charge is 0.339 e. The number of allylic oxidation sites excluding steroid dienone is 4. The van der Waals surface area contributed by atoms with E-state index in [1.807, 2.05) is 12.2 Å². The van der Waals surface area contributed by atoms with Gasteiger partial charge in [0, 0.05) is 30.4 Å². The van der Waals surface area contributed by atoms with Gasteiger partial charge in [-0.1, -0.05) is 50.6 Å². The van der Waals surface area contributed by atoms with E-state index in [0.717, 1.165) is 37.7 Å². The van der Waals surface area contributed by atoms with Crippen LogP contribution in [0.2, 0.25) is 0 Å². The average Bonchev–Trinajstić information content (AvgIpc) is 3.30. The second-order valence-corrected chi connectivity index (χ2v) is 11.8. The van der Waals surface area contributed by atoms with Gasteiger partial charge in [-0.2, -0.15) is 0 Å². The molecule has 0 saturated carbocycles. The fraction of sp³-hybridized carbons (Fsp3) is 0.594. The van der Waals surface area contributed by atoms with E-state index >= 15 is 0 Å². The summed E-state index contributed by atoms with van der Waals surface area (Å²) in [4.78, 5) is 13.7. The molecular weight excluding hydrogens is 480 g/mol. The van der Waals surface area contributed by atoms with Crippen LogP contribution in [-0.2, 0) is 14.2 Å². The van der Waals surface area contributed by atoms with Crippen molar-refractivity contribution in [3.63, 3.8) is 0 Å². The van der Waals surface area contributed by atoms with E-state index in [1.54, 1.807) is 13.0 Å². The fourth-order valence-corrected chi connectivity index (χ4v) is 6.48. The third-order valence-electron chi connectivity index (χ3n) is 8.57. The molecule has 4 aliphatic rings. The van der Waals surface area contributed by atoms with Gasteiger partial charge in [0.2, 0.25) is 0 Å². The van der Waals surface area contributed by atoms with Crippen molar-refractivity contribution in [1.29, 1.82) is 0 Å². The second-order valence-electron chi connectivity index (χ2n) is 11.8. The lowest BCUT2D eigenvalue weighted by Crippen LogP contribution is -2.54. The molecule has 0 amide bonds. The summed E-state index contributed by atoms with van der Waals surface area (Å²) in [5, 5.41) is 10.7. The Labute approximate surface area is 226 Å². The van der Waals surface area contributed by atoms with E-state index in [2.05, 4.69) is 39.8 Å². The summed E-state index contributed by atoms with van der Waals surface area (Å²) in [5.41, 5.74) is 3.84. The van der Waals surface area contributed by atoms with Crippen LogP contribution in [0.15, 0.2) is 35.9 Å². The summed E-state index contributed by atoms with van der Waals surface area (Å²) in [5.74, 6) is 0.146. The molecule has 6 nitrogen and oxygen atoms in total. The highest BCUT2D eigenvalue weighted by molar-refractivity contribution is 5.99. The second kappa shape index (κ2) is 10.9. The highest BCUT2D eigenvalue weighted by atomic mass is 16.7. The molecule has 2 saturated heterocycles. The van der Waals surface area contributed by atoms with Crippen LogP contribution in [0.5, 0.6) is 11.5 Å². The molecule has 1 N–H and O–H groups in total. The minimum Gasteiger partial charge on any atom is -0.504 e. The summed E-state index contributed by atoms with van der Waals surface area (Å²) in [7, 11) is 0. The first-order valence-electron chi connectivity index (χ1n) is 14.3. The predicted molar refractivity (Wildman–Crippen MR) is 147 cm³/mol. The van der Waals surface area contributed by atoms with Gasteiger partial charge < -0.3 is 24.1 Å². The zero-order chi connectivity index (χ0) is 27.0. The van der Waals surface area contributed by atoms with E-state index in [4.69, 9.17) is 18.9 Å². The quantitative estimate of drug-likeness (QED) is 0.315. The zero-order valence-electron chi connectivity index (χ0n) is 23.4. The monoisotopic (exact) mass is 522 g/mol. The van der Waals surface area contributed by atoms with Crippen molar-refractivity contribution in [2.45, 2.75) is 104 Å². The largest absolute Gasteiger partial charge is 0.504 e. The van der Waals surface area contributed by atoms with Gasteiger partial charge in [0.15, 0.2) is 17.3 Å². The van der Waals surface area contributed by atoms with Crippen molar-refractivity contribution in [3.8, 4) is 11.5 Å². The average molecular weight is 523 g/mol. The number of aryl methyl sites for hydroxylation is 1. The molecule has 4 heterocycles. The highest BCUT2D eigenvalue weighted by Crippen LogP contribution is 2.46. The molecule has 38 heavy (non-hydrogen) atoms. The van der Waals surface area contributed by atoms with Gasteiger partial charge in [-0.05, 0) is 63.0 Å². The van der Waals surface area contributed by atoms with Gasteiger partial charge in [-0.3, -0.25) is 0 Å². The van der Waals surface area contributed by atoms with Gasteiger partial charge in [0.25, 0.3) is 0 Å². The first-order valence-corrected chi connectivity index (χ1v) is 14.3. The van der Waals surface area contributed by atoms with E-state index in [9.17, 15) is 9.90 Å². The van der Waals surface area contributed by atoms with Crippen LogP contribution in [-0.4, -0.2) is 41.8 Å². The van der Waals surface area contributed by atoms with Crippen molar-refractivity contribution in [1.82, 2.24) is 0 Å². The highest BCUT2D eigenvalue weighted by Gasteiger charge is 2.48. The van der Waals surface area contributed by atoms with Gasteiger partial charge in [0.05, 0.1) is 17.8 Å². The maximum atomic E-state index is 13.7. The number of benzene rings is 1. The number of carbonyl (C=O) groups is 1. The number of phenols is 1. The number of carbonyl (C=O) groups excluding carboxylic acids is 1.